The van der Waals surface area contributed by atoms with Crippen LogP contribution in [0.15, 0.2) is 51.9 Å². The van der Waals surface area contributed by atoms with Crippen LogP contribution in [0.2, 0.25) is 0 Å². The molecule has 37 heavy (non-hydrogen) atoms. The van der Waals surface area contributed by atoms with Gasteiger partial charge in [-0.15, -0.1) is 0 Å². The summed E-state index contributed by atoms with van der Waals surface area (Å²) in [6.45, 7) is 0. The summed E-state index contributed by atoms with van der Waals surface area (Å²) >= 11 is 3.55. The molecule has 3 aromatic carbocycles. The molecule has 0 aliphatic rings. The number of nitrogens with zero attached hydrogens (tertiary/aromatic N) is 1. The van der Waals surface area contributed by atoms with E-state index in [1.54, 1.807) is 52.9 Å². The van der Waals surface area contributed by atoms with Crippen LogP contribution in [0.4, 0.5) is 11.4 Å². The van der Waals surface area contributed by atoms with Gasteiger partial charge in [0.25, 0.3) is 0 Å². The van der Waals surface area contributed by atoms with Crippen LogP contribution in [0, 0.1) is 0 Å². The Bertz CT molecular complexity index is 1310. The minimum atomic E-state index is -0.116. The van der Waals surface area contributed by atoms with Gasteiger partial charge in [0.2, 0.25) is 5.75 Å². The maximum absolute atomic E-state index is 12.6. The van der Waals surface area contributed by atoms with E-state index in [1.807, 2.05) is 36.4 Å². The molecule has 0 heterocycles. The molecular weight excluding hydrogens is 540 g/mol. The van der Waals surface area contributed by atoms with Gasteiger partial charge >= 0.3 is 0 Å². The zero-order valence-corrected chi connectivity index (χ0v) is 22.9. The maximum Gasteiger partial charge on any atom is 0.203 e. The number of nitrogens with two attached hydrogens (primary N) is 1. The molecule has 0 aromatic heterocycles. The van der Waals surface area contributed by atoms with Gasteiger partial charge in [-0.2, -0.15) is 0 Å². The number of hydrogen-bond acceptors (Lipinski definition) is 8. The van der Waals surface area contributed by atoms with Crippen LogP contribution in [0.25, 0.3) is 12.2 Å². The number of halogens is 1. The molecule has 0 unspecified atom stereocenters. The van der Waals surface area contributed by atoms with Crippen molar-refractivity contribution in [2.45, 2.75) is 6.42 Å². The highest BCUT2D eigenvalue weighted by Crippen LogP contribution is 2.40. The summed E-state index contributed by atoms with van der Waals surface area (Å²) in [4.78, 5) is 17.1. The molecule has 0 fully saturated rings. The first-order valence-corrected chi connectivity index (χ1v) is 12.0. The number of ether oxygens (including phenoxy) is 5. The number of benzene rings is 3. The van der Waals surface area contributed by atoms with Crippen LogP contribution in [0.1, 0.15) is 27.9 Å². The summed E-state index contributed by atoms with van der Waals surface area (Å²) in [6, 6.07) is 12.4. The third-order valence-corrected chi connectivity index (χ3v) is 6.05. The van der Waals surface area contributed by atoms with Crippen molar-refractivity contribution in [1.82, 2.24) is 0 Å². The van der Waals surface area contributed by atoms with Crippen LogP contribution in [0.3, 0.4) is 0 Å². The van der Waals surface area contributed by atoms with Crippen LogP contribution < -0.4 is 29.4 Å². The molecular formula is C28H29BrN2O6. The third-order valence-electron chi connectivity index (χ3n) is 5.46. The fourth-order valence-corrected chi connectivity index (χ4v) is 4.27. The normalized spacial score (nSPS) is 11.1. The van der Waals surface area contributed by atoms with Crippen LogP contribution in [-0.4, -0.2) is 47.5 Å². The number of methoxy groups -OCH3 is 5. The average Bonchev–Trinajstić information content (AvgIpc) is 2.90. The number of nitrogen functional groups attached to an aromatic ring is 1. The van der Waals surface area contributed by atoms with E-state index in [9.17, 15) is 4.79 Å². The number of aliphatic imine (C=N–C) groups is 1. The highest BCUT2D eigenvalue weighted by Gasteiger charge is 2.13. The average molecular weight is 569 g/mol. The predicted octanol–water partition coefficient (Wildman–Crippen LogP) is 6.22. The van der Waals surface area contributed by atoms with Crippen molar-refractivity contribution in [3.05, 3.63) is 63.6 Å². The van der Waals surface area contributed by atoms with Crippen LogP contribution >= 0.6 is 15.9 Å². The highest BCUT2D eigenvalue weighted by molar-refractivity contribution is 9.10. The Morgan fingerprint density at radius 1 is 0.811 bits per heavy atom. The smallest absolute Gasteiger partial charge is 0.203 e. The molecule has 8 nitrogen and oxygen atoms in total. The lowest BCUT2D eigenvalue weighted by molar-refractivity contribution is 0.100. The van der Waals surface area contributed by atoms with E-state index in [4.69, 9.17) is 29.4 Å². The van der Waals surface area contributed by atoms with E-state index >= 15 is 0 Å². The second-order valence-electron chi connectivity index (χ2n) is 7.74. The largest absolute Gasteiger partial charge is 0.495 e. The lowest BCUT2D eigenvalue weighted by atomic mass is 10.1. The van der Waals surface area contributed by atoms with E-state index in [1.165, 1.54) is 7.11 Å². The van der Waals surface area contributed by atoms with Crippen molar-refractivity contribution in [1.29, 1.82) is 0 Å². The minimum absolute atomic E-state index is 0.0953. The molecule has 0 saturated heterocycles. The number of hydrogen-bond donors (Lipinski definition) is 1. The van der Waals surface area contributed by atoms with Gasteiger partial charge in [0.1, 0.15) is 11.4 Å². The van der Waals surface area contributed by atoms with Gasteiger partial charge < -0.3 is 29.4 Å². The van der Waals surface area contributed by atoms with Crippen molar-refractivity contribution in [2.75, 3.05) is 41.3 Å². The molecule has 0 amide bonds. The highest BCUT2D eigenvalue weighted by atomic mass is 79.9. The second kappa shape index (κ2) is 12.8. The van der Waals surface area contributed by atoms with Gasteiger partial charge in [-0.1, -0.05) is 12.2 Å². The monoisotopic (exact) mass is 568 g/mol. The maximum atomic E-state index is 12.6. The topological polar surface area (TPSA) is 102 Å². The first-order chi connectivity index (χ1) is 17.8. The van der Waals surface area contributed by atoms with Crippen molar-refractivity contribution in [2.24, 2.45) is 4.99 Å². The molecule has 0 radical (unpaired) electrons. The molecule has 0 saturated carbocycles. The number of ketones is 1. The minimum Gasteiger partial charge on any atom is -0.495 e. The fraction of sp³-hybridized carbons (Fsp3) is 0.214. The summed E-state index contributed by atoms with van der Waals surface area (Å²) in [7, 11) is 7.80. The van der Waals surface area contributed by atoms with E-state index < -0.39 is 0 Å². The molecule has 0 atom stereocenters. The molecule has 0 bridgehead atoms. The first-order valence-electron chi connectivity index (χ1n) is 11.2. The Morgan fingerprint density at radius 2 is 1.41 bits per heavy atom. The Balaban J connectivity index is 1.84. The lowest BCUT2D eigenvalue weighted by Crippen LogP contribution is -2.02. The van der Waals surface area contributed by atoms with Gasteiger partial charge in [0, 0.05) is 18.2 Å². The SMILES string of the molecule is COc1ccc(C(=O)CC=Nc2cc(/C=C\c3cc(OC)c(OC)c(OC)c3)cc(Br)c2OC)cc1N. The number of carbonyl (C=O) groups is 1. The first kappa shape index (κ1) is 27.6. The Labute approximate surface area is 224 Å². The van der Waals surface area contributed by atoms with Gasteiger partial charge in [0.05, 0.1) is 45.7 Å². The van der Waals surface area contributed by atoms with E-state index in [-0.39, 0.29) is 12.2 Å². The summed E-state index contributed by atoms with van der Waals surface area (Å²) in [5, 5.41) is 0. The van der Waals surface area contributed by atoms with E-state index in [2.05, 4.69) is 20.9 Å². The zero-order valence-electron chi connectivity index (χ0n) is 21.3. The standard InChI is InChI=1S/C28H29BrN2O6/c1-33-24-9-8-19(16-21(24)30)23(32)10-11-31-22-13-17(12-20(29)27(22)36-4)6-7-18-14-25(34-2)28(37-5)26(15-18)35-3/h6-9,11-16H,10,30H2,1-5H3/b7-6-,31-11?. The number of rotatable bonds is 11. The summed E-state index contributed by atoms with van der Waals surface area (Å²) in [6.07, 6.45) is 5.50. The second-order valence-corrected chi connectivity index (χ2v) is 8.60. The third kappa shape index (κ3) is 6.62. The Morgan fingerprint density at radius 3 is 1.95 bits per heavy atom. The number of Topliss-reactive ketones (excluding diaryl/α,β-unsaturated/α-hetero) is 1. The molecule has 0 aliphatic heterocycles. The summed E-state index contributed by atoms with van der Waals surface area (Å²) in [5.41, 5.74) is 9.10. The zero-order chi connectivity index (χ0) is 26.9. The molecule has 3 aromatic rings. The van der Waals surface area contributed by atoms with Gasteiger partial charge in [0.15, 0.2) is 23.0 Å². The number of carbonyl (C=O) groups excluding carboxylic acids is 1. The quantitative estimate of drug-likeness (QED) is 0.127. The van der Waals surface area contributed by atoms with Crippen LogP contribution in [0.5, 0.6) is 28.7 Å². The van der Waals surface area contributed by atoms with E-state index in [0.29, 0.717) is 45.7 Å². The van der Waals surface area contributed by atoms with Crippen molar-refractivity contribution in [3.8, 4) is 28.7 Å². The number of anilines is 1. The Hall–Kier alpha value is -3.98. The van der Waals surface area contributed by atoms with Crippen molar-refractivity contribution in [3.63, 3.8) is 0 Å². The van der Waals surface area contributed by atoms with Gasteiger partial charge in [-0.3, -0.25) is 9.79 Å². The van der Waals surface area contributed by atoms with E-state index in [0.717, 1.165) is 15.6 Å². The molecule has 0 spiro atoms. The van der Waals surface area contributed by atoms with Crippen molar-refractivity contribution >= 4 is 51.5 Å². The molecule has 0 aliphatic carbocycles. The van der Waals surface area contributed by atoms with Gasteiger partial charge in [-0.25, -0.2) is 0 Å². The molecule has 9 heteroatoms. The Kier molecular flexibility index (Phi) is 9.57. The molecule has 194 valence electrons. The van der Waals surface area contributed by atoms with Crippen molar-refractivity contribution < 1.29 is 28.5 Å². The lowest BCUT2D eigenvalue weighted by Gasteiger charge is -2.13. The summed E-state index contributed by atoms with van der Waals surface area (Å²) < 4.78 is 27.6. The molecule has 3 rings (SSSR count). The predicted molar refractivity (Wildman–Crippen MR) is 150 cm³/mol. The fourth-order valence-electron chi connectivity index (χ4n) is 3.64. The summed E-state index contributed by atoms with van der Waals surface area (Å²) in [5.74, 6) is 2.61. The van der Waals surface area contributed by atoms with Gasteiger partial charge in [-0.05, 0) is 69.5 Å². The van der Waals surface area contributed by atoms with Crippen LogP contribution in [-0.2, 0) is 0 Å². The molecule has 2 N–H and O–H groups in total.